The number of fused-ring (bicyclic) bond motifs is 1. The summed E-state index contributed by atoms with van der Waals surface area (Å²) in [7, 11) is 3.21. The molecule has 0 bridgehead atoms. The summed E-state index contributed by atoms with van der Waals surface area (Å²) in [6.45, 7) is 2.49. The van der Waals surface area contributed by atoms with Gasteiger partial charge >= 0.3 is 11.3 Å². The van der Waals surface area contributed by atoms with Gasteiger partial charge in [0.2, 0.25) is 0 Å². The van der Waals surface area contributed by atoms with Crippen LogP contribution in [0.15, 0.2) is 46.9 Å². The molecule has 0 radical (unpaired) electrons. The highest BCUT2D eigenvalue weighted by Gasteiger charge is 2.21. The summed E-state index contributed by atoms with van der Waals surface area (Å²) in [6.07, 6.45) is 0. The van der Waals surface area contributed by atoms with Gasteiger partial charge in [0.25, 0.3) is 0 Å². The minimum Gasteiger partial charge on any atom is -0.493 e. The van der Waals surface area contributed by atoms with Gasteiger partial charge in [-0.1, -0.05) is 11.6 Å². The first-order chi connectivity index (χ1) is 11.7. The standard InChI is InChI=1S/C19H18ClO4/c1-4-23-18-11-17(24-15-8-6-13(20)10-14(15)18)12-5-7-16(21-2)19(9-12)22-3/h5-11H,4H2,1-3H3/q+1. The van der Waals surface area contributed by atoms with Gasteiger partial charge in [-0.05, 0) is 31.2 Å². The zero-order valence-corrected chi connectivity index (χ0v) is 14.5. The highest BCUT2D eigenvalue weighted by Crippen LogP contribution is 2.37. The third-order valence-corrected chi connectivity index (χ3v) is 3.89. The SMILES string of the molecule is CCOc1cc(-c2ccc(OC)c(OC)c2)[o+]c2ccc(Cl)cc12. The van der Waals surface area contributed by atoms with E-state index in [0.29, 0.717) is 34.5 Å². The van der Waals surface area contributed by atoms with E-state index in [4.69, 9.17) is 30.2 Å². The van der Waals surface area contributed by atoms with Gasteiger partial charge < -0.3 is 14.2 Å². The summed E-state index contributed by atoms with van der Waals surface area (Å²) in [5.41, 5.74) is 1.57. The molecule has 0 saturated carbocycles. The van der Waals surface area contributed by atoms with E-state index >= 15 is 0 Å². The van der Waals surface area contributed by atoms with E-state index in [9.17, 15) is 0 Å². The molecule has 0 fully saturated rings. The average Bonchev–Trinajstić information content (AvgIpc) is 2.61. The molecule has 4 nitrogen and oxygen atoms in total. The van der Waals surface area contributed by atoms with Crippen LogP contribution in [0.5, 0.6) is 17.2 Å². The van der Waals surface area contributed by atoms with Gasteiger partial charge in [0.15, 0.2) is 11.5 Å². The second-order valence-electron chi connectivity index (χ2n) is 5.12. The van der Waals surface area contributed by atoms with E-state index in [-0.39, 0.29) is 0 Å². The first-order valence-electron chi connectivity index (χ1n) is 7.58. The van der Waals surface area contributed by atoms with Crippen LogP contribution in [0.2, 0.25) is 5.02 Å². The van der Waals surface area contributed by atoms with Gasteiger partial charge in [-0.15, -0.1) is 0 Å². The van der Waals surface area contributed by atoms with Gasteiger partial charge in [-0.25, -0.2) is 4.42 Å². The van der Waals surface area contributed by atoms with Crippen LogP contribution in [0.4, 0.5) is 0 Å². The molecule has 3 rings (SSSR count). The predicted molar refractivity (Wildman–Crippen MR) is 95.3 cm³/mol. The fourth-order valence-electron chi connectivity index (χ4n) is 2.54. The number of halogens is 1. The summed E-state index contributed by atoms with van der Waals surface area (Å²) in [5.74, 6) is 2.71. The van der Waals surface area contributed by atoms with Crippen molar-refractivity contribution in [2.75, 3.05) is 20.8 Å². The van der Waals surface area contributed by atoms with Crippen LogP contribution in [0.25, 0.3) is 22.3 Å². The second kappa shape index (κ2) is 6.97. The van der Waals surface area contributed by atoms with Crippen molar-refractivity contribution in [1.29, 1.82) is 0 Å². The van der Waals surface area contributed by atoms with Crippen molar-refractivity contribution >= 4 is 22.6 Å². The van der Waals surface area contributed by atoms with Crippen LogP contribution in [-0.4, -0.2) is 20.8 Å². The van der Waals surface area contributed by atoms with Crippen molar-refractivity contribution in [1.82, 2.24) is 0 Å². The smallest absolute Gasteiger partial charge is 0.364 e. The van der Waals surface area contributed by atoms with Crippen LogP contribution < -0.4 is 14.2 Å². The summed E-state index contributed by atoms with van der Waals surface area (Å²) < 4.78 is 22.4. The molecule has 0 atom stereocenters. The van der Waals surface area contributed by atoms with Gasteiger partial charge in [-0.2, -0.15) is 0 Å². The lowest BCUT2D eigenvalue weighted by molar-refractivity contribution is 0.342. The molecule has 2 aromatic carbocycles. The lowest BCUT2D eigenvalue weighted by Gasteiger charge is -2.08. The molecule has 0 unspecified atom stereocenters. The molecule has 1 aromatic heterocycles. The number of benzene rings is 2. The normalized spacial score (nSPS) is 10.7. The third-order valence-electron chi connectivity index (χ3n) is 3.66. The third kappa shape index (κ3) is 3.10. The van der Waals surface area contributed by atoms with Gasteiger partial charge in [-0.3, -0.25) is 0 Å². The summed E-state index contributed by atoms with van der Waals surface area (Å²) in [5, 5.41) is 1.48. The summed E-state index contributed by atoms with van der Waals surface area (Å²) in [6, 6.07) is 13.0. The first-order valence-corrected chi connectivity index (χ1v) is 7.95. The zero-order chi connectivity index (χ0) is 17.1. The predicted octanol–water partition coefficient (Wildman–Crippen LogP) is 5.45. The largest absolute Gasteiger partial charge is 0.493 e. The number of hydrogen-bond donors (Lipinski definition) is 0. The van der Waals surface area contributed by atoms with Gasteiger partial charge in [0.05, 0.1) is 32.5 Å². The van der Waals surface area contributed by atoms with E-state index < -0.39 is 0 Å². The maximum Gasteiger partial charge on any atom is 0.364 e. The molecule has 0 aliphatic heterocycles. The Morgan fingerprint density at radius 1 is 0.917 bits per heavy atom. The number of hydrogen-bond acceptors (Lipinski definition) is 3. The van der Waals surface area contributed by atoms with E-state index in [1.54, 1.807) is 20.3 Å². The van der Waals surface area contributed by atoms with E-state index in [1.165, 1.54) is 0 Å². The monoisotopic (exact) mass is 345 g/mol. The Balaban J connectivity index is 2.17. The molecule has 0 saturated heterocycles. The van der Waals surface area contributed by atoms with E-state index in [0.717, 1.165) is 16.7 Å². The Bertz CT molecular complexity index is 877. The minimum atomic E-state index is 0.553. The van der Waals surface area contributed by atoms with Crippen molar-refractivity contribution in [2.24, 2.45) is 0 Å². The molecular weight excluding hydrogens is 328 g/mol. The van der Waals surface area contributed by atoms with Crippen molar-refractivity contribution < 1.29 is 18.6 Å². The Labute approximate surface area is 145 Å². The molecule has 0 aliphatic carbocycles. The molecule has 124 valence electrons. The van der Waals surface area contributed by atoms with Crippen molar-refractivity contribution in [3.8, 4) is 28.6 Å². The molecule has 24 heavy (non-hydrogen) atoms. The first kappa shape index (κ1) is 16.4. The van der Waals surface area contributed by atoms with Crippen LogP contribution in [0.1, 0.15) is 6.92 Å². The number of rotatable bonds is 5. The van der Waals surface area contributed by atoms with Crippen molar-refractivity contribution in [3.05, 3.63) is 47.5 Å². The second-order valence-corrected chi connectivity index (χ2v) is 5.55. The van der Waals surface area contributed by atoms with Crippen LogP contribution >= 0.6 is 11.6 Å². The molecule has 3 aromatic rings. The summed E-state index contributed by atoms with van der Waals surface area (Å²) >= 11 is 6.09. The Hall–Kier alpha value is -2.46. The number of methoxy groups -OCH3 is 2. The molecular formula is C19H18ClO4+. The Kier molecular flexibility index (Phi) is 4.76. The van der Waals surface area contributed by atoms with Gasteiger partial charge in [0.1, 0.15) is 11.1 Å². The fraction of sp³-hybridized carbons (Fsp3) is 0.211. The topological polar surface area (TPSA) is 39.0 Å². The Morgan fingerprint density at radius 3 is 2.42 bits per heavy atom. The van der Waals surface area contributed by atoms with E-state index in [2.05, 4.69) is 0 Å². The van der Waals surface area contributed by atoms with Crippen molar-refractivity contribution in [2.45, 2.75) is 6.92 Å². The van der Waals surface area contributed by atoms with Crippen LogP contribution in [-0.2, 0) is 0 Å². The molecule has 0 amide bonds. The fourth-order valence-corrected chi connectivity index (χ4v) is 2.71. The van der Waals surface area contributed by atoms with Crippen LogP contribution in [0, 0.1) is 0 Å². The van der Waals surface area contributed by atoms with E-state index in [1.807, 2.05) is 43.3 Å². The lowest BCUT2D eigenvalue weighted by Crippen LogP contribution is -1.94. The number of ether oxygens (including phenoxy) is 3. The summed E-state index contributed by atoms with van der Waals surface area (Å²) in [4.78, 5) is 0. The van der Waals surface area contributed by atoms with Crippen molar-refractivity contribution in [3.63, 3.8) is 0 Å². The molecule has 0 spiro atoms. The quantitative estimate of drug-likeness (QED) is 0.576. The maximum absolute atomic E-state index is 6.09. The minimum absolute atomic E-state index is 0.553. The highest BCUT2D eigenvalue weighted by atomic mass is 35.5. The highest BCUT2D eigenvalue weighted by molar-refractivity contribution is 6.31. The molecule has 1 heterocycles. The lowest BCUT2D eigenvalue weighted by atomic mass is 10.1. The molecule has 0 N–H and O–H groups in total. The zero-order valence-electron chi connectivity index (χ0n) is 13.8. The van der Waals surface area contributed by atoms with Gasteiger partial charge in [0, 0.05) is 17.2 Å². The molecule has 5 heteroatoms. The van der Waals surface area contributed by atoms with Crippen LogP contribution in [0.3, 0.4) is 0 Å². The Morgan fingerprint density at radius 2 is 1.71 bits per heavy atom. The average molecular weight is 346 g/mol. The molecule has 0 aliphatic rings. The maximum atomic E-state index is 6.09.